The number of nitrogens with zero attached hydrogens (tertiary/aromatic N) is 1. The van der Waals surface area contributed by atoms with Gasteiger partial charge in [0.1, 0.15) is 0 Å². The second-order valence-corrected chi connectivity index (χ2v) is 2.97. The van der Waals surface area contributed by atoms with Crippen molar-refractivity contribution < 1.29 is 24.9 Å². The number of carbonyl (C=O) groups is 2. The van der Waals surface area contributed by atoms with Crippen LogP contribution in [0.2, 0.25) is 0 Å². The predicted octanol–water partition coefficient (Wildman–Crippen LogP) is -0.210. The summed E-state index contributed by atoms with van der Waals surface area (Å²) in [7, 11) is 0. The number of H-pyrrole nitrogens is 1. The van der Waals surface area contributed by atoms with Crippen LogP contribution in [-0.4, -0.2) is 37.2 Å². The number of carboxylic acid groups (broad SMARTS) is 2. The van der Waals surface area contributed by atoms with Crippen LogP contribution in [0.15, 0.2) is 6.20 Å². The number of rotatable bonds is 4. The Labute approximate surface area is 84.4 Å². The first-order valence-electron chi connectivity index (χ1n) is 4.16. The van der Waals surface area contributed by atoms with Crippen LogP contribution in [0, 0.1) is 0 Å². The van der Waals surface area contributed by atoms with E-state index in [1.807, 2.05) is 0 Å². The van der Waals surface area contributed by atoms with Gasteiger partial charge in [-0.1, -0.05) is 6.92 Å². The summed E-state index contributed by atoms with van der Waals surface area (Å²) in [4.78, 5) is 26.9. The third-order valence-electron chi connectivity index (χ3n) is 2.09. The van der Waals surface area contributed by atoms with Crippen molar-refractivity contribution in [2.75, 3.05) is 0 Å². The number of nitrogens with one attached hydrogen (secondary N) is 1. The van der Waals surface area contributed by atoms with E-state index in [2.05, 4.69) is 9.97 Å². The van der Waals surface area contributed by atoms with Crippen molar-refractivity contribution in [3.05, 3.63) is 17.7 Å². The number of hydrogen-bond acceptors (Lipinski definition) is 4. The molecule has 1 aromatic heterocycles. The van der Waals surface area contributed by atoms with Gasteiger partial charge in [0.2, 0.25) is 11.4 Å². The highest BCUT2D eigenvalue weighted by molar-refractivity contribution is 5.84. The molecule has 1 rings (SSSR count). The summed E-state index contributed by atoms with van der Waals surface area (Å²) in [5, 5.41) is 27.0. The zero-order chi connectivity index (χ0) is 11.6. The maximum Gasteiger partial charge on any atom is 0.371 e. The number of aliphatic hydroxyl groups is 1. The third kappa shape index (κ3) is 1.82. The molecule has 0 fully saturated rings. The van der Waals surface area contributed by atoms with Crippen molar-refractivity contribution in [3.63, 3.8) is 0 Å². The fourth-order valence-electron chi connectivity index (χ4n) is 1.10. The molecule has 1 unspecified atom stereocenters. The molecule has 0 aliphatic heterocycles. The van der Waals surface area contributed by atoms with E-state index in [9.17, 15) is 14.7 Å². The molecule has 0 radical (unpaired) electrons. The summed E-state index contributed by atoms with van der Waals surface area (Å²) in [6, 6.07) is 0. The first-order valence-corrected chi connectivity index (χ1v) is 4.16. The zero-order valence-electron chi connectivity index (χ0n) is 7.89. The van der Waals surface area contributed by atoms with Gasteiger partial charge in [-0.05, 0) is 6.42 Å². The first kappa shape index (κ1) is 11.2. The van der Waals surface area contributed by atoms with Gasteiger partial charge in [-0.25, -0.2) is 14.6 Å². The minimum absolute atomic E-state index is 0.0937. The van der Waals surface area contributed by atoms with Gasteiger partial charge in [-0.3, -0.25) is 0 Å². The lowest BCUT2D eigenvalue weighted by atomic mass is 9.98. The average molecular weight is 214 g/mol. The molecule has 1 aromatic rings. The summed E-state index contributed by atoms with van der Waals surface area (Å²) in [6.07, 6.45) is 0.907. The predicted molar refractivity (Wildman–Crippen MR) is 47.4 cm³/mol. The van der Waals surface area contributed by atoms with Crippen LogP contribution in [0.5, 0.6) is 0 Å². The zero-order valence-corrected chi connectivity index (χ0v) is 7.89. The van der Waals surface area contributed by atoms with E-state index in [0.29, 0.717) is 0 Å². The van der Waals surface area contributed by atoms with Crippen LogP contribution >= 0.6 is 0 Å². The standard InChI is InChI=1S/C8H10N2O5/c1-2-8(15,7(13)14)4-3-9-5(10-4)6(11)12/h3,15H,2H2,1H3,(H,9,10)(H,11,12)(H,13,14). The van der Waals surface area contributed by atoms with E-state index in [1.54, 1.807) is 0 Å². The Morgan fingerprint density at radius 2 is 2.13 bits per heavy atom. The maximum atomic E-state index is 10.8. The Hall–Kier alpha value is -1.89. The normalized spacial score (nSPS) is 14.5. The number of carboxylic acids is 2. The highest BCUT2D eigenvalue weighted by atomic mass is 16.4. The lowest BCUT2D eigenvalue weighted by Gasteiger charge is -2.19. The van der Waals surface area contributed by atoms with Crippen LogP contribution in [0.1, 0.15) is 29.7 Å². The number of aliphatic carboxylic acids is 1. The van der Waals surface area contributed by atoms with E-state index in [1.165, 1.54) is 6.92 Å². The molecule has 0 aromatic carbocycles. The van der Waals surface area contributed by atoms with Gasteiger partial charge in [0.05, 0.1) is 11.9 Å². The molecule has 7 nitrogen and oxygen atoms in total. The molecular formula is C8H10N2O5. The topological polar surface area (TPSA) is 124 Å². The minimum Gasteiger partial charge on any atom is -0.479 e. The van der Waals surface area contributed by atoms with Gasteiger partial charge in [0, 0.05) is 0 Å². The Morgan fingerprint density at radius 3 is 2.47 bits per heavy atom. The highest BCUT2D eigenvalue weighted by Crippen LogP contribution is 2.23. The third-order valence-corrected chi connectivity index (χ3v) is 2.09. The molecule has 0 amide bonds. The Bertz CT molecular complexity index is 399. The van der Waals surface area contributed by atoms with E-state index < -0.39 is 23.4 Å². The number of hydrogen-bond donors (Lipinski definition) is 4. The SMILES string of the molecule is CCC(O)(C(=O)O)c1cnc(C(=O)O)[nH]1. The summed E-state index contributed by atoms with van der Waals surface area (Å²) < 4.78 is 0. The van der Waals surface area contributed by atoms with E-state index in [-0.39, 0.29) is 12.1 Å². The highest BCUT2D eigenvalue weighted by Gasteiger charge is 2.38. The summed E-state index contributed by atoms with van der Waals surface area (Å²) in [5.41, 5.74) is -2.27. The Balaban J connectivity index is 3.14. The number of imidazole rings is 1. The van der Waals surface area contributed by atoms with Crippen LogP contribution < -0.4 is 0 Å². The molecule has 0 spiro atoms. The van der Waals surface area contributed by atoms with Crippen LogP contribution in [0.25, 0.3) is 0 Å². The smallest absolute Gasteiger partial charge is 0.371 e. The van der Waals surface area contributed by atoms with Crippen molar-refractivity contribution in [3.8, 4) is 0 Å². The van der Waals surface area contributed by atoms with Crippen LogP contribution in [0.3, 0.4) is 0 Å². The average Bonchev–Trinajstić information content (AvgIpc) is 2.65. The van der Waals surface area contributed by atoms with Crippen molar-refractivity contribution in [2.45, 2.75) is 18.9 Å². The van der Waals surface area contributed by atoms with Gasteiger partial charge in [0.25, 0.3) is 0 Å². The second-order valence-electron chi connectivity index (χ2n) is 2.97. The Kier molecular flexibility index (Phi) is 2.76. The van der Waals surface area contributed by atoms with E-state index in [4.69, 9.17) is 10.2 Å². The van der Waals surface area contributed by atoms with Gasteiger partial charge in [0.15, 0.2) is 0 Å². The number of aromatic amines is 1. The molecular weight excluding hydrogens is 204 g/mol. The quantitative estimate of drug-likeness (QED) is 0.549. The monoisotopic (exact) mass is 214 g/mol. The molecule has 0 aliphatic carbocycles. The summed E-state index contributed by atoms with van der Waals surface area (Å²) in [6.45, 7) is 1.47. The van der Waals surface area contributed by atoms with Gasteiger partial charge in [-0.15, -0.1) is 0 Å². The molecule has 1 heterocycles. The fourth-order valence-corrected chi connectivity index (χ4v) is 1.10. The molecule has 0 bridgehead atoms. The maximum absolute atomic E-state index is 10.8. The first-order chi connectivity index (χ1) is 6.91. The van der Waals surface area contributed by atoms with Crippen molar-refractivity contribution in [1.29, 1.82) is 0 Å². The fraction of sp³-hybridized carbons (Fsp3) is 0.375. The van der Waals surface area contributed by atoms with Crippen LogP contribution in [0.4, 0.5) is 0 Å². The van der Waals surface area contributed by atoms with E-state index in [0.717, 1.165) is 6.20 Å². The van der Waals surface area contributed by atoms with Crippen molar-refractivity contribution in [2.24, 2.45) is 0 Å². The van der Waals surface area contributed by atoms with Gasteiger partial charge >= 0.3 is 11.9 Å². The van der Waals surface area contributed by atoms with Crippen molar-refractivity contribution >= 4 is 11.9 Å². The molecule has 0 saturated carbocycles. The second kappa shape index (κ2) is 3.70. The molecule has 1 atom stereocenters. The number of aromatic nitrogens is 2. The van der Waals surface area contributed by atoms with Crippen molar-refractivity contribution in [1.82, 2.24) is 9.97 Å². The minimum atomic E-state index is -2.12. The molecule has 4 N–H and O–H groups in total. The van der Waals surface area contributed by atoms with Gasteiger partial charge in [-0.2, -0.15) is 0 Å². The number of aromatic carboxylic acids is 1. The molecule has 82 valence electrons. The molecule has 0 aliphatic rings. The Morgan fingerprint density at radius 1 is 1.53 bits per heavy atom. The summed E-state index contributed by atoms with van der Waals surface area (Å²) >= 11 is 0. The lowest BCUT2D eigenvalue weighted by Crippen LogP contribution is -2.35. The lowest BCUT2D eigenvalue weighted by molar-refractivity contribution is -0.160. The van der Waals surface area contributed by atoms with E-state index >= 15 is 0 Å². The molecule has 15 heavy (non-hydrogen) atoms. The van der Waals surface area contributed by atoms with Gasteiger partial charge < -0.3 is 20.3 Å². The summed E-state index contributed by atoms with van der Waals surface area (Å²) in [5.74, 6) is -3.17. The molecule has 0 saturated heterocycles. The molecule has 7 heteroatoms. The largest absolute Gasteiger partial charge is 0.479 e. The van der Waals surface area contributed by atoms with Crippen LogP contribution in [-0.2, 0) is 10.4 Å².